The van der Waals surface area contributed by atoms with E-state index in [1.54, 1.807) is 28.4 Å². The van der Waals surface area contributed by atoms with Gasteiger partial charge in [-0.05, 0) is 66.1 Å². The molecule has 1 amide bonds. The van der Waals surface area contributed by atoms with Gasteiger partial charge in [-0.2, -0.15) is 0 Å². The number of ether oxygens (including phenoxy) is 4. The van der Waals surface area contributed by atoms with Crippen LogP contribution in [0.2, 0.25) is 0 Å². The van der Waals surface area contributed by atoms with E-state index in [4.69, 9.17) is 18.9 Å². The summed E-state index contributed by atoms with van der Waals surface area (Å²) >= 11 is 0. The van der Waals surface area contributed by atoms with E-state index >= 15 is 0 Å². The number of methoxy groups -OCH3 is 4. The molecule has 0 saturated carbocycles. The van der Waals surface area contributed by atoms with Crippen LogP contribution in [0.15, 0.2) is 54.6 Å². The fraction of sp³-hybridized carbons (Fsp3) is 0.387. The number of benzene rings is 3. The van der Waals surface area contributed by atoms with E-state index in [1.165, 1.54) is 16.7 Å². The Hall–Kier alpha value is -3.71. The van der Waals surface area contributed by atoms with Gasteiger partial charge in [0.15, 0.2) is 11.5 Å². The average Bonchev–Trinajstić information content (AvgIpc) is 3.35. The van der Waals surface area contributed by atoms with Crippen molar-refractivity contribution in [2.75, 3.05) is 41.5 Å². The van der Waals surface area contributed by atoms with E-state index in [2.05, 4.69) is 40.5 Å². The Morgan fingerprint density at radius 1 is 0.868 bits per heavy atom. The maximum Gasteiger partial charge on any atom is 0.234 e. The summed E-state index contributed by atoms with van der Waals surface area (Å²) < 4.78 is 22.4. The molecule has 5 rings (SSSR count). The van der Waals surface area contributed by atoms with Gasteiger partial charge in [0.1, 0.15) is 11.5 Å². The van der Waals surface area contributed by atoms with Crippen LogP contribution in [0.5, 0.6) is 23.0 Å². The third-order valence-electron chi connectivity index (χ3n) is 7.79. The second-order valence-electron chi connectivity index (χ2n) is 9.89. The van der Waals surface area contributed by atoms with Crippen molar-refractivity contribution >= 4 is 5.91 Å². The summed E-state index contributed by atoms with van der Waals surface area (Å²) in [5.41, 5.74) is 5.95. The Morgan fingerprint density at radius 3 is 2.42 bits per heavy atom. The molecule has 0 fully saturated rings. The van der Waals surface area contributed by atoms with Crippen LogP contribution in [0, 0.1) is 0 Å². The highest BCUT2D eigenvalue weighted by Crippen LogP contribution is 2.42. The lowest BCUT2D eigenvalue weighted by atomic mass is 9.87. The lowest BCUT2D eigenvalue weighted by Crippen LogP contribution is -2.44. The lowest BCUT2D eigenvalue weighted by Gasteiger charge is -2.38. The first kappa shape index (κ1) is 25.9. The molecule has 3 aromatic rings. The molecule has 0 saturated heterocycles. The molecule has 7 nitrogen and oxygen atoms in total. The van der Waals surface area contributed by atoms with Gasteiger partial charge in [0, 0.05) is 24.2 Å². The Bertz CT molecular complexity index is 1290. The molecule has 200 valence electrons. The zero-order valence-corrected chi connectivity index (χ0v) is 22.6. The summed E-state index contributed by atoms with van der Waals surface area (Å²) in [6, 6.07) is 18.4. The highest BCUT2D eigenvalue weighted by atomic mass is 16.5. The van der Waals surface area contributed by atoms with Gasteiger partial charge in [0.25, 0.3) is 0 Å². The van der Waals surface area contributed by atoms with Crippen molar-refractivity contribution in [3.63, 3.8) is 0 Å². The molecule has 3 aromatic carbocycles. The quantitative estimate of drug-likeness (QED) is 0.446. The third kappa shape index (κ3) is 5.16. The maximum absolute atomic E-state index is 13.4. The molecular weight excluding hydrogens is 480 g/mol. The predicted molar refractivity (Wildman–Crippen MR) is 146 cm³/mol. The summed E-state index contributed by atoms with van der Waals surface area (Å²) in [4.78, 5) is 15.7. The van der Waals surface area contributed by atoms with E-state index in [0.717, 1.165) is 48.4 Å². The van der Waals surface area contributed by atoms with Crippen LogP contribution < -0.4 is 24.3 Å². The monoisotopic (exact) mass is 516 g/mol. The van der Waals surface area contributed by atoms with Crippen molar-refractivity contribution in [1.82, 2.24) is 10.2 Å². The van der Waals surface area contributed by atoms with Crippen molar-refractivity contribution in [3.05, 3.63) is 82.4 Å². The number of aryl methyl sites for hydroxylation is 1. The minimum absolute atomic E-state index is 0.0416. The van der Waals surface area contributed by atoms with Crippen LogP contribution >= 0.6 is 0 Å². The third-order valence-corrected chi connectivity index (χ3v) is 7.79. The average molecular weight is 517 g/mol. The van der Waals surface area contributed by atoms with Crippen LogP contribution in [0.4, 0.5) is 0 Å². The molecule has 1 N–H and O–H groups in total. The van der Waals surface area contributed by atoms with Gasteiger partial charge < -0.3 is 24.3 Å². The van der Waals surface area contributed by atoms with Crippen LogP contribution in [0.25, 0.3) is 0 Å². The van der Waals surface area contributed by atoms with Crippen LogP contribution in [0.1, 0.15) is 46.3 Å². The lowest BCUT2D eigenvalue weighted by molar-refractivity contribution is -0.123. The first-order valence-electron chi connectivity index (χ1n) is 13.1. The minimum Gasteiger partial charge on any atom is -0.497 e. The SMILES string of the molecule is COc1cc2c(c(OC)c1)C(Cc1ccc(OC)c(OC)c1)N(CC(=O)N[C@H]1CCc3ccccc31)CC2. The molecule has 1 aliphatic heterocycles. The Morgan fingerprint density at radius 2 is 1.66 bits per heavy atom. The van der Waals surface area contributed by atoms with E-state index < -0.39 is 0 Å². The highest BCUT2D eigenvalue weighted by Gasteiger charge is 2.33. The van der Waals surface area contributed by atoms with Crippen LogP contribution in [0.3, 0.4) is 0 Å². The number of hydrogen-bond donors (Lipinski definition) is 1. The number of carbonyl (C=O) groups is 1. The van der Waals surface area contributed by atoms with Crippen molar-refractivity contribution in [3.8, 4) is 23.0 Å². The summed E-state index contributed by atoms with van der Waals surface area (Å²) in [5.74, 6) is 2.97. The number of nitrogens with one attached hydrogen (secondary N) is 1. The largest absolute Gasteiger partial charge is 0.497 e. The van der Waals surface area contributed by atoms with Gasteiger partial charge in [-0.3, -0.25) is 9.69 Å². The Kier molecular flexibility index (Phi) is 7.74. The van der Waals surface area contributed by atoms with Gasteiger partial charge in [-0.25, -0.2) is 0 Å². The molecular formula is C31H36N2O5. The minimum atomic E-state index is -0.0562. The number of carbonyl (C=O) groups excluding carboxylic acids is 1. The fourth-order valence-electron chi connectivity index (χ4n) is 5.91. The van der Waals surface area contributed by atoms with Gasteiger partial charge >= 0.3 is 0 Å². The zero-order valence-electron chi connectivity index (χ0n) is 22.6. The van der Waals surface area contributed by atoms with E-state index in [9.17, 15) is 4.79 Å². The molecule has 0 spiro atoms. The fourth-order valence-corrected chi connectivity index (χ4v) is 5.91. The van der Waals surface area contributed by atoms with Crippen LogP contribution in [-0.4, -0.2) is 52.3 Å². The zero-order chi connectivity index (χ0) is 26.6. The number of fused-ring (bicyclic) bond motifs is 2. The molecule has 7 heteroatoms. The summed E-state index contributed by atoms with van der Waals surface area (Å²) in [6.45, 7) is 1.07. The summed E-state index contributed by atoms with van der Waals surface area (Å²) in [6.07, 6.45) is 3.44. The number of rotatable bonds is 9. The number of amides is 1. The molecule has 1 aliphatic carbocycles. The topological polar surface area (TPSA) is 69.3 Å². The van der Waals surface area contributed by atoms with Crippen molar-refractivity contribution in [2.24, 2.45) is 0 Å². The van der Waals surface area contributed by atoms with E-state index in [0.29, 0.717) is 24.5 Å². The highest BCUT2D eigenvalue weighted by molar-refractivity contribution is 5.79. The maximum atomic E-state index is 13.4. The summed E-state index contributed by atoms with van der Waals surface area (Å²) in [7, 11) is 6.63. The second-order valence-corrected chi connectivity index (χ2v) is 9.89. The van der Waals surface area contributed by atoms with Gasteiger partial charge in [0.2, 0.25) is 5.91 Å². The molecule has 0 bridgehead atoms. The first-order chi connectivity index (χ1) is 18.5. The standard InChI is InChI=1S/C31H36N2O5/c1-35-23-17-22-13-14-33(19-30(34)32-25-11-10-21-7-5-6-8-24(21)25)26(31(22)29(18-23)38-4)15-20-9-12-27(36-2)28(16-20)37-3/h5-9,12,16-18,25-26H,10-11,13-15,19H2,1-4H3,(H,32,34)/t25-,26?/m0/s1. The molecule has 1 unspecified atom stereocenters. The predicted octanol–water partition coefficient (Wildman–Crippen LogP) is 4.67. The normalized spacial score (nSPS) is 18.3. The number of nitrogens with zero attached hydrogens (tertiary/aromatic N) is 1. The van der Waals surface area contributed by atoms with Gasteiger partial charge in [-0.15, -0.1) is 0 Å². The number of hydrogen-bond acceptors (Lipinski definition) is 6. The second kappa shape index (κ2) is 11.4. The van der Waals surface area contributed by atoms with Crippen LogP contribution in [-0.2, 0) is 24.1 Å². The van der Waals surface area contributed by atoms with E-state index in [-0.39, 0.29) is 18.0 Å². The molecule has 38 heavy (non-hydrogen) atoms. The molecule has 2 aliphatic rings. The molecule has 2 atom stereocenters. The Balaban J connectivity index is 1.43. The summed E-state index contributed by atoms with van der Waals surface area (Å²) in [5, 5.41) is 3.30. The van der Waals surface area contributed by atoms with Crippen molar-refractivity contribution in [1.29, 1.82) is 0 Å². The van der Waals surface area contributed by atoms with Gasteiger partial charge in [0.05, 0.1) is 41.0 Å². The smallest absolute Gasteiger partial charge is 0.234 e. The molecule has 1 heterocycles. The first-order valence-corrected chi connectivity index (χ1v) is 13.1. The molecule has 0 radical (unpaired) electrons. The van der Waals surface area contributed by atoms with Crippen molar-refractivity contribution < 1.29 is 23.7 Å². The van der Waals surface area contributed by atoms with Crippen molar-refractivity contribution in [2.45, 2.75) is 37.8 Å². The van der Waals surface area contributed by atoms with Gasteiger partial charge in [-0.1, -0.05) is 30.3 Å². The Labute approximate surface area is 224 Å². The molecule has 0 aromatic heterocycles. The van der Waals surface area contributed by atoms with E-state index in [1.807, 2.05) is 24.3 Å².